The summed E-state index contributed by atoms with van der Waals surface area (Å²) < 4.78 is 10.9. The van der Waals surface area contributed by atoms with Gasteiger partial charge in [-0.3, -0.25) is 4.90 Å². The highest BCUT2D eigenvalue weighted by Gasteiger charge is 2.46. The highest BCUT2D eigenvalue weighted by atomic mass is 16.6. The molecule has 6 heteroatoms. The van der Waals surface area contributed by atoms with E-state index in [1.165, 1.54) is 0 Å². The van der Waals surface area contributed by atoms with E-state index in [4.69, 9.17) is 9.47 Å². The Hall–Kier alpha value is -1.98. The Labute approximate surface area is 163 Å². The zero-order chi connectivity index (χ0) is 20.1. The molecule has 2 amide bonds. The predicted molar refractivity (Wildman–Crippen MR) is 106 cm³/mol. The summed E-state index contributed by atoms with van der Waals surface area (Å²) in [6.45, 7) is 10.3. The van der Waals surface area contributed by atoms with Crippen molar-refractivity contribution in [3.05, 3.63) is 23.8 Å². The summed E-state index contributed by atoms with van der Waals surface area (Å²) in [6.07, 6.45) is 9.99. The first kappa shape index (κ1) is 21.3. The molecule has 2 aliphatic rings. The standard InChI is InChI=1S/C21H34N2O4/c1-6-17-12-13-21(5,23(17)19(25)27-20(2,3)4)15-22-18(24)26-14-16-10-8-7-9-11-16/h8,10-11,17H,6-7,9,12-15H2,1-5H3,(H,22,24). The van der Waals surface area contributed by atoms with Gasteiger partial charge in [0.1, 0.15) is 12.2 Å². The molecular weight excluding hydrogens is 344 g/mol. The van der Waals surface area contributed by atoms with Gasteiger partial charge >= 0.3 is 12.2 Å². The number of rotatable bonds is 5. The van der Waals surface area contributed by atoms with Crippen LogP contribution in [0, 0.1) is 0 Å². The predicted octanol–water partition coefficient (Wildman–Crippen LogP) is 4.56. The van der Waals surface area contributed by atoms with Gasteiger partial charge in [-0.25, -0.2) is 9.59 Å². The van der Waals surface area contributed by atoms with Gasteiger partial charge in [-0.2, -0.15) is 0 Å². The van der Waals surface area contributed by atoms with Crippen LogP contribution in [0.5, 0.6) is 0 Å². The fourth-order valence-corrected chi connectivity index (χ4v) is 3.65. The number of allylic oxidation sites excluding steroid dienone is 2. The number of nitrogens with zero attached hydrogens (tertiary/aromatic N) is 1. The van der Waals surface area contributed by atoms with E-state index < -0.39 is 17.2 Å². The van der Waals surface area contributed by atoms with Gasteiger partial charge in [0.25, 0.3) is 0 Å². The number of carbonyl (C=O) groups is 2. The maximum Gasteiger partial charge on any atom is 0.411 e. The van der Waals surface area contributed by atoms with Crippen LogP contribution in [0.4, 0.5) is 9.59 Å². The van der Waals surface area contributed by atoms with E-state index in [-0.39, 0.29) is 18.7 Å². The van der Waals surface area contributed by atoms with Crippen molar-refractivity contribution in [1.82, 2.24) is 10.2 Å². The molecule has 1 aliphatic heterocycles. The normalized spacial score (nSPS) is 25.1. The van der Waals surface area contributed by atoms with Crippen LogP contribution in [-0.2, 0) is 9.47 Å². The van der Waals surface area contributed by atoms with Crippen molar-refractivity contribution >= 4 is 12.2 Å². The van der Waals surface area contributed by atoms with Gasteiger partial charge < -0.3 is 14.8 Å². The maximum atomic E-state index is 12.8. The lowest BCUT2D eigenvalue weighted by molar-refractivity contribution is 0.000399. The van der Waals surface area contributed by atoms with Crippen LogP contribution in [0.15, 0.2) is 23.8 Å². The fourth-order valence-electron chi connectivity index (χ4n) is 3.65. The van der Waals surface area contributed by atoms with Crippen LogP contribution in [0.25, 0.3) is 0 Å². The van der Waals surface area contributed by atoms with Gasteiger partial charge in [-0.15, -0.1) is 0 Å². The molecule has 152 valence electrons. The van der Waals surface area contributed by atoms with E-state index in [9.17, 15) is 9.59 Å². The summed E-state index contributed by atoms with van der Waals surface area (Å²) in [5.74, 6) is 0. The van der Waals surface area contributed by atoms with Gasteiger partial charge in [0.2, 0.25) is 0 Å². The Morgan fingerprint density at radius 3 is 2.67 bits per heavy atom. The SMILES string of the molecule is CCC1CCC(C)(CNC(=O)OCC2=CCCC=C2)N1C(=O)OC(C)(C)C. The minimum atomic E-state index is -0.549. The highest BCUT2D eigenvalue weighted by molar-refractivity contribution is 5.71. The summed E-state index contributed by atoms with van der Waals surface area (Å²) in [6, 6.07) is 0.125. The zero-order valence-electron chi connectivity index (χ0n) is 17.3. The van der Waals surface area contributed by atoms with E-state index in [0.29, 0.717) is 6.54 Å². The number of amides is 2. The van der Waals surface area contributed by atoms with E-state index in [0.717, 1.165) is 37.7 Å². The average molecular weight is 379 g/mol. The number of likely N-dealkylation sites (tertiary alicyclic amines) is 1. The fraction of sp³-hybridized carbons (Fsp3) is 0.714. The highest BCUT2D eigenvalue weighted by Crippen LogP contribution is 2.36. The Balaban J connectivity index is 1.93. The van der Waals surface area contributed by atoms with Gasteiger partial charge in [-0.05, 0) is 65.4 Å². The molecule has 0 bridgehead atoms. The summed E-state index contributed by atoms with van der Waals surface area (Å²) in [4.78, 5) is 26.7. The molecule has 1 heterocycles. The Kier molecular flexibility index (Phi) is 6.95. The number of nitrogens with one attached hydrogen (secondary N) is 1. The van der Waals surface area contributed by atoms with Crippen molar-refractivity contribution in [3.63, 3.8) is 0 Å². The number of ether oxygens (including phenoxy) is 2. The first-order valence-electron chi connectivity index (χ1n) is 9.93. The molecule has 0 aromatic rings. The van der Waals surface area contributed by atoms with Crippen LogP contribution in [0.2, 0.25) is 0 Å². The molecule has 0 saturated carbocycles. The monoisotopic (exact) mass is 378 g/mol. The smallest absolute Gasteiger partial charge is 0.411 e. The van der Waals surface area contributed by atoms with Crippen LogP contribution in [-0.4, -0.2) is 47.4 Å². The Bertz CT molecular complexity index is 606. The van der Waals surface area contributed by atoms with Crippen LogP contribution in [0.1, 0.15) is 66.7 Å². The summed E-state index contributed by atoms with van der Waals surface area (Å²) in [5.41, 5.74) is -0.0108. The van der Waals surface area contributed by atoms with E-state index in [1.54, 1.807) is 0 Å². The lowest BCUT2D eigenvalue weighted by Gasteiger charge is -2.39. The van der Waals surface area contributed by atoms with Crippen molar-refractivity contribution < 1.29 is 19.1 Å². The van der Waals surface area contributed by atoms with Gasteiger partial charge in [0.05, 0.1) is 5.54 Å². The third-order valence-electron chi connectivity index (χ3n) is 5.08. The molecule has 1 saturated heterocycles. The largest absolute Gasteiger partial charge is 0.445 e. The molecule has 1 aliphatic carbocycles. The van der Waals surface area contributed by atoms with Crippen molar-refractivity contribution in [3.8, 4) is 0 Å². The van der Waals surface area contributed by atoms with Crippen LogP contribution < -0.4 is 5.32 Å². The first-order valence-corrected chi connectivity index (χ1v) is 9.93. The first-order chi connectivity index (χ1) is 12.6. The topological polar surface area (TPSA) is 67.9 Å². The summed E-state index contributed by atoms with van der Waals surface area (Å²) in [5, 5.41) is 2.84. The third kappa shape index (κ3) is 6.01. The molecule has 1 N–H and O–H groups in total. The molecule has 6 nitrogen and oxygen atoms in total. The van der Waals surface area contributed by atoms with Crippen LogP contribution in [0.3, 0.4) is 0 Å². The van der Waals surface area contributed by atoms with Crippen molar-refractivity contribution in [2.75, 3.05) is 13.2 Å². The van der Waals surface area contributed by atoms with E-state index >= 15 is 0 Å². The second kappa shape index (κ2) is 8.81. The van der Waals surface area contributed by atoms with Crippen LogP contribution >= 0.6 is 0 Å². The molecule has 2 rings (SSSR count). The van der Waals surface area contributed by atoms with E-state index in [1.807, 2.05) is 38.7 Å². The minimum absolute atomic E-state index is 0.125. The minimum Gasteiger partial charge on any atom is -0.445 e. The number of carbonyl (C=O) groups excluding carboxylic acids is 2. The maximum absolute atomic E-state index is 12.8. The van der Waals surface area contributed by atoms with Gasteiger partial charge in [-0.1, -0.05) is 25.2 Å². The second-order valence-electron chi connectivity index (χ2n) is 8.64. The van der Waals surface area contributed by atoms with Gasteiger partial charge in [0.15, 0.2) is 0 Å². The third-order valence-corrected chi connectivity index (χ3v) is 5.08. The van der Waals surface area contributed by atoms with Crippen molar-refractivity contribution in [2.45, 2.75) is 83.9 Å². The van der Waals surface area contributed by atoms with Crippen molar-refractivity contribution in [2.24, 2.45) is 0 Å². The molecule has 0 spiro atoms. The zero-order valence-corrected chi connectivity index (χ0v) is 17.3. The molecule has 2 unspecified atom stereocenters. The quantitative estimate of drug-likeness (QED) is 0.762. The molecule has 0 aromatic heterocycles. The molecular formula is C21H34N2O4. The Morgan fingerprint density at radius 2 is 2.07 bits per heavy atom. The molecule has 1 fully saturated rings. The molecule has 0 aromatic carbocycles. The summed E-state index contributed by atoms with van der Waals surface area (Å²) in [7, 11) is 0. The molecule has 0 radical (unpaired) electrons. The number of alkyl carbamates (subject to hydrolysis) is 1. The lowest BCUT2D eigenvalue weighted by atomic mass is 9.99. The molecule has 27 heavy (non-hydrogen) atoms. The second-order valence-corrected chi connectivity index (χ2v) is 8.64. The number of hydrogen-bond donors (Lipinski definition) is 1. The van der Waals surface area contributed by atoms with Gasteiger partial charge in [0, 0.05) is 12.6 Å². The molecule has 2 atom stereocenters. The average Bonchev–Trinajstić information content (AvgIpc) is 2.95. The lowest BCUT2D eigenvalue weighted by Crippen LogP contribution is -2.55. The Morgan fingerprint density at radius 1 is 1.33 bits per heavy atom. The number of hydrogen-bond acceptors (Lipinski definition) is 4. The van der Waals surface area contributed by atoms with Crippen molar-refractivity contribution in [1.29, 1.82) is 0 Å². The van der Waals surface area contributed by atoms with E-state index in [2.05, 4.69) is 24.4 Å². The summed E-state index contributed by atoms with van der Waals surface area (Å²) >= 11 is 0.